The lowest BCUT2D eigenvalue weighted by Crippen LogP contribution is -1.99. The molecule has 0 aliphatic rings. The average Bonchev–Trinajstić information content (AvgIpc) is 2.91. The Morgan fingerprint density at radius 3 is 2.75 bits per heavy atom. The number of nitrogens with two attached hydrogens (primary N) is 1. The third kappa shape index (κ3) is 4.08. The molecule has 0 bridgehead atoms. The fourth-order valence-electron chi connectivity index (χ4n) is 2.41. The lowest BCUT2D eigenvalue weighted by atomic mass is 10.1. The molecule has 0 spiro atoms. The molecule has 0 aromatic carbocycles. The summed E-state index contributed by atoms with van der Waals surface area (Å²) in [5.74, 6) is 0.551. The minimum absolute atomic E-state index is 0.551. The van der Waals surface area contributed by atoms with Crippen LogP contribution in [0.4, 0.5) is 5.82 Å². The smallest absolute Gasteiger partial charge is 0.123 e. The Hall–Kier alpha value is -1.84. The van der Waals surface area contributed by atoms with Gasteiger partial charge in [0.1, 0.15) is 5.82 Å². The molecule has 2 rings (SSSR count). The predicted octanol–water partition coefficient (Wildman–Crippen LogP) is 3.89. The van der Waals surface area contributed by atoms with Crippen LogP contribution >= 0.6 is 0 Å². The Labute approximate surface area is 121 Å². The highest BCUT2D eigenvalue weighted by molar-refractivity contribution is 5.61. The van der Waals surface area contributed by atoms with Crippen molar-refractivity contribution in [2.24, 2.45) is 0 Å². The number of unbranched alkanes of at least 4 members (excludes halogenated alkanes) is 5. The Bertz CT molecular complexity index is 519. The lowest BCUT2D eigenvalue weighted by Gasteiger charge is -2.08. The van der Waals surface area contributed by atoms with Gasteiger partial charge in [-0.05, 0) is 18.6 Å². The first-order chi connectivity index (χ1) is 9.81. The molecule has 4 nitrogen and oxygen atoms in total. The number of aromatic nitrogens is 3. The Kier molecular flexibility index (Phi) is 5.59. The molecule has 0 unspecified atom stereocenters. The topological polar surface area (TPSA) is 56.7 Å². The zero-order chi connectivity index (χ0) is 14.2. The largest absolute Gasteiger partial charge is 0.384 e. The molecule has 0 saturated heterocycles. The first-order valence-electron chi connectivity index (χ1n) is 7.53. The maximum Gasteiger partial charge on any atom is 0.123 e. The number of imidazole rings is 1. The molecular formula is C16H24N4. The summed E-state index contributed by atoms with van der Waals surface area (Å²) < 4.78 is 2.20. The highest BCUT2D eigenvalue weighted by Gasteiger charge is 2.05. The van der Waals surface area contributed by atoms with E-state index in [1.54, 1.807) is 6.20 Å². The van der Waals surface area contributed by atoms with E-state index in [9.17, 15) is 0 Å². The number of nitrogen functional groups attached to an aromatic ring is 1. The third-order valence-corrected chi connectivity index (χ3v) is 3.54. The highest BCUT2D eigenvalue weighted by Crippen LogP contribution is 2.20. The summed E-state index contributed by atoms with van der Waals surface area (Å²) in [4.78, 5) is 8.29. The second kappa shape index (κ2) is 7.68. The molecule has 0 saturated carbocycles. The molecule has 0 fully saturated rings. The van der Waals surface area contributed by atoms with Crippen LogP contribution in [0.15, 0.2) is 30.9 Å². The van der Waals surface area contributed by atoms with E-state index in [-0.39, 0.29) is 0 Å². The fraction of sp³-hybridized carbons (Fsp3) is 0.500. The molecule has 4 heteroatoms. The van der Waals surface area contributed by atoms with Gasteiger partial charge in [-0.15, -0.1) is 0 Å². The molecular weight excluding hydrogens is 248 g/mol. The quantitative estimate of drug-likeness (QED) is 0.742. The number of anilines is 1. The van der Waals surface area contributed by atoms with Crippen molar-refractivity contribution in [1.29, 1.82) is 0 Å². The predicted molar refractivity (Wildman–Crippen MR) is 83.2 cm³/mol. The summed E-state index contributed by atoms with van der Waals surface area (Å²) in [5, 5.41) is 0. The van der Waals surface area contributed by atoms with Crippen molar-refractivity contribution < 1.29 is 0 Å². The van der Waals surface area contributed by atoms with Crippen LogP contribution in [0.25, 0.3) is 11.3 Å². The van der Waals surface area contributed by atoms with Gasteiger partial charge in [0.25, 0.3) is 0 Å². The van der Waals surface area contributed by atoms with Crippen LogP contribution in [0.5, 0.6) is 0 Å². The summed E-state index contributed by atoms with van der Waals surface area (Å²) in [6, 6.07) is 3.87. The molecule has 2 N–H and O–H groups in total. The van der Waals surface area contributed by atoms with Gasteiger partial charge in [-0.2, -0.15) is 0 Å². The van der Waals surface area contributed by atoms with Gasteiger partial charge >= 0.3 is 0 Å². The lowest BCUT2D eigenvalue weighted by molar-refractivity contribution is 0.560. The van der Waals surface area contributed by atoms with Gasteiger partial charge in [0, 0.05) is 18.3 Å². The maximum absolute atomic E-state index is 5.74. The van der Waals surface area contributed by atoms with Crippen molar-refractivity contribution in [1.82, 2.24) is 14.5 Å². The number of hydrogen-bond acceptors (Lipinski definition) is 3. The summed E-state index contributed by atoms with van der Waals surface area (Å²) in [6.07, 6.45) is 13.4. The van der Waals surface area contributed by atoms with Gasteiger partial charge in [-0.25, -0.2) is 9.97 Å². The molecule has 0 radical (unpaired) electrons. The Morgan fingerprint density at radius 1 is 1.15 bits per heavy atom. The van der Waals surface area contributed by atoms with E-state index < -0.39 is 0 Å². The molecule has 108 valence electrons. The normalized spacial score (nSPS) is 10.8. The van der Waals surface area contributed by atoms with E-state index in [4.69, 9.17) is 5.73 Å². The Balaban J connectivity index is 1.89. The molecule has 20 heavy (non-hydrogen) atoms. The van der Waals surface area contributed by atoms with Gasteiger partial charge in [0.15, 0.2) is 0 Å². The number of nitrogens with zero attached hydrogens (tertiary/aromatic N) is 3. The standard InChI is InChI=1S/C16H24N4/c1-2-3-4-5-6-7-10-20-13-18-12-15(20)14-8-9-19-16(17)11-14/h8-9,11-13H,2-7,10H2,1H3,(H2,17,19). The molecule has 0 atom stereocenters. The Morgan fingerprint density at radius 2 is 1.95 bits per heavy atom. The molecule has 2 aromatic rings. The van der Waals surface area contributed by atoms with E-state index in [2.05, 4.69) is 21.5 Å². The molecule has 0 amide bonds. The van der Waals surface area contributed by atoms with Crippen LogP contribution in [0.3, 0.4) is 0 Å². The average molecular weight is 272 g/mol. The third-order valence-electron chi connectivity index (χ3n) is 3.54. The van der Waals surface area contributed by atoms with Gasteiger partial charge in [-0.3, -0.25) is 0 Å². The van der Waals surface area contributed by atoms with Crippen molar-refractivity contribution in [2.75, 3.05) is 5.73 Å². The monoisotopic (exact) mass is 272 g/mol. The summed E-state index contributed by atoms with van der Waals surface area (Å²) in [5.41, 5.74) is 7.94. The van der Waals surface area contributed by atoms with Crippen LogP contribution in [0.1, 0.15) is 45.4 Å². The molecule has 2 aromatic heterocycles. The van der Waals surface area contributed by atoms with Crippen molar-refractivity contribution >= 4 is 5.82 Å². The zero-order valence-electron chi connectivity index (χ0n) is 12.3. The van der Waals surface area contributed by atoms with E-state index in [0.717, 1.165) is 17.8 Å². The van der Waals surface area contributed by atoms with Gasteiger partial charge in [0.05, 0.1) is 18.2 Å². The maximum atomic E-state index is 5.74. The fourth-order valence-corrected chi connectivity index (χ4v) is 2.41. The molecule has 0 aliphatic carbocycles. The van der Waals surface area contributed by atoms with Crippen molar-refractivity contribution in [3.8, 4) is 11.3 Å². The summed E-state index contributed by atoms with van der Waals surface area (Å²) in [7, 11) is 0. The summed E-state index contributed by atoms with van der Waals surface area (Å²) in [6.45, 7) is 3.27. The second-order valence-corrected chi connectivity index (χ2v) is 5.21. The van der Waals surface area contributed by atoms with Gasteiger partial charge < -0.3 is 10.3 Å². The second-order valence-electron chi connectivity index (χ2n) is 5.21. The molecule has 0 aliphatic heterocycles. The number of rotatable bonds is 8. The van der Waals surface area contributed by atoms with E-state index in [1.807, 2.05) is 24.7 Å². The first kappa shape index (κ1) is 14.6. The van der Waals surface area contributed by atoms with E-state index in [1.165, 1.54) is 38.5 Å². The van der Waals surface area contributed by atoms with E-state index in [0.29, 0.717) is 5.82 Å². The van der Waals surface area contributed by atoms with E-state index >= 15 is 0 Å². The highest BCUT2D eigenvalue weighted by atomic mass is 15.0. The van der Waals surface area contributed by atoms with Gasteiger partial charge in [-0.1, -0.05) is 39.0 Å². The minimum Gasteiger partial charge on any atom is -0.384 e. The van der Waals surface area contributed by atoms with Crippen molar-refractivity contribution in [3.05, 3.63) is 30.9 Å². The van der Waals surface area contributed by atoms with Crippen LogP contribution in [0, 0.1) is 0 Å². The number of hydrogen-bond donors (Lipinski definition) is 1. The van der Waals surface area contributed by atoms with Crippen molar-refractivity contribution in [2.45, 2.75) is 52.0 Å². The van der Waals surface area contributed by atoms with Crippen LogP contribution < -0.4 is 5.73 Å². The molecule has 2 heterocycles. The van der Waals surface area contributed by atoms with Crippen LogP contribution in [0.2, 0.25) is 0 Å². The number of pyridine rings is 1. The SMILES string of the molecule is CCCCCCCCn1cncc1-c1ccnc(N)c1. The van der Waals surface area contributed by atoms with Crippen molar-refractivity contribution in [3.63, 3.8) is 0 Å². The van der Waals surface area contributed by atoms with Crippen LogP contribution in [-0.4, -0.2) is 14.5 Å². The van der Waals surface area contributed by atoms with Gasteiger partial charge in [0.2, 0.25) is 0 Å². The zero-order valence-corrected chi connectivity index (χ0v) is 12.3. The van der Waals surface area contributed by atoms with Crippen LogP contribution in [-0.2, 0) is 6.54 Å². The first-order valence-corrected chi connectivity index (χ1v) is 7.53. The summed E-state index contributed by atoms with van der Waals surface area (Å²) >= 11 is 0. The number of aryl methyl sites for hydroxylation is 1. The minimum atomic E-state index is 0.551.